The van der Waals surface area contributed by atoms with Gasteiger partial charge in [0.15, 0.2) is 0 Å². The summed E-state index contributed by atoms with van der Waals surface area (Å²) in [4.78, 5) is 11.5. The summed E-state index contributed by atoms with van der Waals surface area (Å²) in [6.45, 7) is 6.38. The van der Waals surface area contributed by atoms with Crippen molar-refractivity contribution in [3.63, 3.8) is 0 Å². The second kappa shape index (κ2) is 6.39. The van der Waals surface area contributed by atoms with Crippen LogP contribution in [0.1, 0.15) is 25.1 Å². The molecule has 1 unspecified atom stereocenters. The van der Waals surface area contributed by atoms with Crippen LogP contribution in [0.5, 0.6) is 5.88 Å². The molecule has 0 aromatic carbocycles. The van der Waals surface area contributed by atoms with Crippen LogP contribution >= 0.6 is 0 Å². The summed E-state index contributed by atoms with van der Waals surface area (Å²) in [5.41, 5.74) is 1.84. The molecule has 1 N–H and O–H groups in total. The Morgan fingerprint density at radius 1 is 1.56 bits per heavy atom. The van der Waals surface area contributed by atoms with Crippen LogP contribution in [0.15, 0.2) is 0 Å². The minimum Gasteiger partial charge on any atom is -0.481 e. The Labute approximate surface area is 107 Å². The van der Waals surface area contributed by atoms with Crippen LogP contribution in [0.2, 0.25) is 0 Å². The zero-order valence-corrected chi connectivity index (χ0v) is 11.6. The predicted octanol–water partition coefficient (Wildman–Crippen LogP) is 0.778. The van der Waals surface area contributed by atoms with Gasteiger partial charge in [0.1, 0.15) is 6.04 Å². The molecule has 1 heterocycles. The summed E-state index contributed by atoms with van der Waals surface area (Å²) in [6.07, 6.45) is 0. The van der Waals surface area contributed by atoms with E-state index in [9.17, 15) is 4.79 Å². The van der Waals surface area contributed by atoms with E-state index in [-0.39, 0.29) is 12.0 Å². The van der Waals surface area contributed by atoms with Gasteiger partial charge in [-0.2, -0.15) is 5.10 Å². The van der Waals surface area contributed by atoms with Crippen molar-refractivity contribution in [1.82, 2.24) is 15.1 Å². The topological polar surface area (TPSA) is 65.4 Å². The van der Waals surface area contributed by atoms with Gasteiger partial charge in [0.25, 0.3) is 0 Å². The van der Waals surface area contributed by atoms with Crippen molar-refractivity contribution in [3.05, 3.63) is 11.3 Å². The van der Waals surface area contributed by atoms with Crippen molar-refractivity contribution in [2.24, 2.45) is 7.05 Å². The van der Waals surface area contributed by atoms with Crippen molar-refractivity contribution in [1.29, 1.82) is 0 Å². The predicted molar refractivity (Wildman–Crippen MR) is 67.4 cm³/mol. The van der Waals surface area contributed by atoms with E-state index < -0.39 is 0 Å². The van der Waals surface area contributed by atoms with Gasteiger partial charge in [0.2, 0.25) is 5.88 Å². The third-order valence-corrected chi connectivity index (χ3v) is 2.71. The maximum atomic E-state index is 11.5. The lowest BCUT2D eigenvalue weighted by atomic mass is 10.2. The average Bonchev–Trinajstić information content (AvgIpc) is 2.60. The molecule has 6 heteroatoms. The minimum absolute atomic E-state index is 0.252. The summed E-state index contributed by atoms with van der Waals surface area (Å²) in [5, 5.41) is 7.38. The molecule has 1 atom stereocenters. The fourth-order valence-electron chi connectivity index (χ4n) is 1.75. The molecule has 0 aliphatic heterocycles. The highest BCUT2D eigenvalue weighted by Crippen LogP contribution is 2.20. The van der Waals surface area contributed by atoms with Gasteiger partial charge in [-0.3, -0.25) is 4.79 Å². The maximum Gasteiger partial charge on any atom is 0.322 e. The van der Waals surface area contributed by atoms with Gasteiger partial charge in [-0.05, 0) is 20.8 Å². The molecule has 1 rings (SSSR count). The lowest BCUT2D eigenvalue weighted by molar-refractivity contribution is -0.145. The van der Waals surface area contributed by atoms with Gasteiger partial charge in [-0.15, -0.1) is 0 Å². The Hall–Kier alpha value is -1.56. The van der Waals surface area contributed by atoms with Gasteiger partial charge in [-0.1, -0.05) is 0 Å². The first-order valence-corrected chi connectivity index (χ1v) is 5.97. The molecule has 0 spiro atoms. The first kappa shape index (κ1) is 14.5. The second-order valence-electron chi connectivity index (χ2n) is 4.05. The number of carbonyl (C=O) groups excluding carboxylic acids is 1. The second-order valence-corrected chi connectivity index (χ2v) is 4.05. The van der Waals surface area contributed by atoms with Gasteiger partial charge in [-0.25, -0.2) is 4.68 Å². The molecule has 6 nitrogen and oxygen atoms in total. The van der Waals surface area contributed by atoms with Crippen LogP contribution in [-0.4, -0.2) is 35.5 Å². The summed E-state index contributed by atoms with van der Waals surface area (Å²) in [5.74, 6) is 0.453. The van der Waals surface area contributed by atoms with E-state index in [1.807, 2.05) is 14.0 Å². The van der Waals surface area contributed by atoms with Crippen LogP contribution in [0, 0.1) is 6.92 Å². The molecule has 102 valence electrons. The van der Waals surface area contributed by atoms with Crippen LogP contribution in [0.4, 0.5) is 0 Å². The highest BCUT2D eigenvalue weighted by Gasteiger charge is 2.17. The Bertz CT molecular complexity index is 415. The SMILES string of the molecule is CCOC(=O)C(C)NCc1c(C)nn(C)c1OC. The third kappa shape index (κ3) is 3.22. The molecule has 18 heavy (non-hydrogen) atoms. The number of rotatable bonds is 6. The minimum atomic E-state index is -0.353. The van der Waals surface area contributed by atoms with Crippen LogP contribution in [0.3, 0.4) is 0 Å². The molecule has 0 radical (unpaired) electrons. The molecule has 0 aliphatic rings. The summed E-state index contributed by atoms with van der Waals surface area (Å²) in [7, 11) is 3.43. The van der Waals surface area contributed by atoms with E-state index >= 15 is 0 Å². The Balaban J connectivity index is 2.66. The quantitative estimate of drug-likeness (QED) is 0.761. The fraction of sp³-hybridized carbons (Fsp3) is 0.667. The molecular formula is C12H21N3O3. The number of nitrogens with one attached hydrogen (secondary N) is 1. The molecular weight excluding hydrogens is 234 g/mol. The highest BCUT2D eigenvalue weighted by atomic mass is 16.5. The standard InChI is InChI=1S/C12H21N3O3/c1-6-18-12(16)9(3)13-7-10-8(2)14-15(4)11(10)17-5/h9,13H,6-7H2,1-5H3. The van der Waals surface area contributed by atoms with Crippen molar-refractivity contribution in [3.8, 4) is 5.88 Å². The van der Waals surface area contributed by atoms with Crippen molar-refractivity contribution in [2.45, 2.75) is 33.4 Å². The van der Waals surface area contributed by atoms with Crippen LogP contribution in [-0.2, 0) is 23.1 Å². The zero-order valence-electron chi connectivity index (χ0n) is 11.6. The first-order valence-electron chi connectivity index (χ1n) is 5.97. The van der Waals surface area contributed by atoms with Crippen LogP contribution in [0.25, 0.3) is 0 Å². The highest BCUT2D eigenvalue weighted by molar-refractivity contribution is 5.75. The fourth-order valence-corrected chi connectivity index (χ4v) is 1.75. The molecule has 1 aromatic heterocycles. The van der Waals surface area contributed by atoms with Crippen molar-refractivity contribution >= 4 is 5.97 Å². The number of ether oxygens (including phenoxy) is 2. The zero-order chi connectivity index (χ0) is 13.7. The lowest BCUT2D eigenvalue weighted by Crippen LogP contribution is -2.35. The number of aryl methyl sites for hydroxylation is 2. The molecule has 1 aromatic rings. The van der Waals surface area contributed by atoms with Gasteiger partial charge in [0, 0.05) is 13.6 Å². The lowest BCUT2D eigenvalue weighted by Gasteiger charge is -2.12. The average molecular weight is 255 g/mol. The number of hydrogen-bond acceptors (Lipinski definition) is 5. The maximum absolute atomic E-state index is 11.5. The van der Waals surface area contributed by atoms with Gasteiger partial charge in [0.05, 0.1) is 25.0 Å². The summed E-state index contributed by atoms with van der Waals surface area (Å²) >= 11 is 0. The monoisotopic (exact) mass is 255 g/mol. The molecule has 0 aliphatic carbocycles. The summed E-state index contributed by atoms with van der Waals surface area (Å²) < 4.78 is 11.9. The van der Waals surface area contributed by atoms with Crippen LogP contribution < -0.4 is 10.1 Å². The number of hydrogen-bond donors (Lipinski definition) is 1. The Kier molecular flexibility index (Phi) is 5.15. The molecule has 0 bridgehead atoms. The van der Waals surface area contributed by atoms with Gasteiger partial charge >= 0.3 is 5.97 Å². The molecule has 0 saturated carbocycles. The number of esters is 1. The van der Waals surface area contributed by atoms with Gasteiger partial charge < -0.3 is 14.8 Å². The molecule has 0 saturated heterocycles. The van der Waals surface area contributed by atoms with E-state index in [2.05, 4.69) is 10.4 Å². The van der Waals surface area contributed by atoms with E-state index in [1.165, 1.54) is 0 Å². The largest absolute Gasteiger partial charge is 0.481 e. The van der Waals surface area contributed by atoms with E-state index in [0.717, 1.165) is 11.3 Å². The number of carbonyl (C=O) groups is 1. The number of nitrogens with zero attached hydrogens (tertiary/aromatic N) is 2. The third-order valence-electron chi connectivity index (χ3n) is 2.71. The van der Waals surface area contributed by atoms with E-state index in [0.29, 0.717) is 19.0 Å². The number of methoxy groups -OCH3 is 1. The normalized spacial score (nSPS) is 12.3. The first-order chi connectivity index (χ1) is 8.51. The molecule has 0 fully saturated rings. The Morgan fingerprint density at radius 2 is 2.22 bits per heavy atom. The molecule has 0 amide bonds. The smallest absolute Gasteiger partial charge is 0.322 e. The van der Waals surface area contributed by atoms with E-state index in [4.69, 9.17) is 9.47 Å². The van der Waals surface area contributed by atoms with Crippen molar-refractivity contribution < 1.29 is 14.3 Å². The van der Waals surface area contributed by atoms with E-state index in [1.54, 1.807) is 25.6 Å². The van der Waals surface area contributed by atoms with Crippen molar-refractivity contribution in [2.75, 3.05) is 13.7 Å². The Morgan fingerprint density at radius 3 is 2.78 bits per heavy atom. The summed E-state index contributed by atoms with van der Waals surface area (Å²) in [6, 6.07) is -0.353. The number of aromatic nitrogens is 2.